The third kappa shape index (κ3) is 10.6. The highest BCUT2D eigenvalue weighted by molar-refractivity contribution is 8.93. The standard InChI is InChI=1S/C36H50N4O4.2BrH/c1-25(2)19-27(23-39-33(41)29-13-7-8-14-30(29)34(39)42)21-37-17-11-5-6-12-18-38-22-28(20-26(3)4)24-40-35(43)31-15-9-10-16-32(31)36(40)44;;/h7-10,13-16,25-28,37-38H,5-6,11-12,17-24H2,1-4H3;2*1H. The highest BCUT2D eigenvalue weighted by Gasteiger charge is 2.37. The van der Waals surface area contributed by atoms with Crippen LogP contribution < -0.4 is 10.6 Å². The molecule has 0 bridgehead atoms. The molecule has 4 rings (SSSR count). The van der Waals surface area contributed by atoms with Crippen molar-refractivity contribution in [1.29, 1.82) is 0 Å². The van der Waals surface area contributed by atoms with Gasteiger partial charge in [0.15, 0.2) is 0 Å². The maximum Gasteiger partial charge on any atom is 0.261 e. The molecule has 2 atom stereocenters. The summed E-state index contributed by atoms with van der Waals surface area (Å²) in [6.07, 6.45) is 6.33. The Bertz CT molecular complexity index is 1150. The molecule has 254 valence electrons. The monoisotopic (exact) mass is 762 g/mol. The Morgan fingerprint density at radius 1 is 0.522 bits per heavy atom. The number of hydrogen-bond donors (Lipinski definition) is 2. The van der Waals surface area contributed by atoms with Crippen molar-refractivity contribution >= 4 is 57.6 Å². The summed E-state index contributed by atoms with van der Waals surface area (Å²) < 4.78 is 0. The SMILES string of the molecule is Br.Br.CC(C)CC(CNCCCCCCNCC(CC(C)C)CN1C(=O)c2ccccc2C1=O)CN1C(=O)c2ccccc2C1=O. The first-order valence-corrected chi connectivity index (χ1v) is 16.5. The number of amides is 4. The molecule has 2 N–H and O–H groups in total. The molecule has 2 aromatic carbocycles. The molecule has 4 amide bonds. The lowest BCUT2D eigenvalue weighted by molar-refractivity contribution is 0.0607. The van der Waals surface area contributed by atoms with E-state index in [1.54, 1.807) is 24.3 Å². The molecule has 2 unspecified atom stereocenters. The minimum absolute atomic E-state index is 0. The molecular weight excluding hydrogens is 712 g/mol. The molecular formula is C36H52Br2N4O4. The number of benzene rings is 2. The minimum Gasteiger partial charge on any atom is -0.316 e. The van der Waals surface area contributed by atoms with Crippen LogP contribution in [0.5, 0.6) is 0 Å². The predicted octanol–water partition coefficient (Wildman–Crippen LogP) is 6.80. The van der Waals surface area contributed by atoms with Crippen LogP contribution in [-0.2, 0) is 0 Å². The van der Waals surface area contributed by atoms with Gasteiger partial charge in [0.25, 0.3) is 23.6 Å². The van der Waals surface area contributed by atoms with Gasteiger partial charge in [0.1, 0.15) is 0 Å². The van der Waals surface area contributed by atoms with Gasteiger partial charge in [0, 0.05) is 13.1 Å². The first kappa shape index (κ1) is 39.8. The molecule has 2 heterocycles. The Hall–Kier alpha value is -2.40. The van der Waals surface area contributed by atoms with E-state index in [4.69, 9.17) is 0 Å². The second-order valence-electron chi connectivity index (χ2n) is 13.3. The largest absolute Gasteiger partial charge is 0.316 e. The minimum atomic E-state index is -0.174. The number of carbonyl (C=O) groups is 4. The zero-order valence-corrected chi connectivity index (χ0v) is 31.2. The van der Waals surface area contributed by atoms with Gasteiger partial charge < -0.3 is 10.6 Å². The van der Waals surface area contributed by atoms with Crippen molar-refractivity contribution in [2.24, 2.45) is 23.7 Å². The van der Waals surface area contributed by atoms with Crippen LogP contribution in [0, 0.1) is 23.7 Å². The molecule has 0 saturated heterocycles. The fourth-order valence-electron chi connectivity index (χ4n) is 6.57. The van der Waals surface area contributed by atoms with Crippen LogP contribution in [-0.4, -0.2) is 72.7 Å². The third-order valence-corrected chi connectivity index (χ3v) is 8.57. The summed E-state index contributed by atoms with van der Waals surface area (Å²) in [5, 5.41) is 7.15. The maximum absolute atomic E-state index is 12.8. The molecule has 0 aliphatic carbocycles. The number of nitrogens with one attached hydrogen (secondary N) is 2. The van der Waals surface area contributed by atoms with Crippen molar-refractivity contribution in [3.63, 3.8) is 0 Å². The summed E-state index contributed by atoms with van der Waals surface area (Å²) in [6.45, 7) is 13.0. The second kappa shape index (κ2) is 19.4. The van der Waals surface area contributed by atoms with E-state index < -0.39 is 0 Å². The van der Waals surface area contributed by atoms with Crippen LogP contribution in [0.1, 0.15) is 108 Å². The van der Waals surface area contributed by atoms with Crippen molar-refractivity contribution in [1.82, 2.24) is 20.4 Å². The van der Waals surface area contributed by atoms with Crippen LogP contribution in [0.15, 0.2) is 48.5 Å². The molecule has 0 saturated carbocycles. The van der Waals surface area contributed by atoms with Crippen LogP contribution in [0.2, 0.25) is 0 Å². The number of rotatable bonds is 19. The Kier molecular flexibility index (Phi) is 16.8. The molecule has 0 fully saturated rings. The third-order valence-electron chi connectivity index (χ3n) is 8.57. The van der Waals surface area contributed by atoms with Gasteiger partial charge >= 0.3 is 0 Å². The maximum atomic E-state index is 12.8. The van der Waals surface area contributed by atoms with Crippen molar-refractivity contribution in [2.45, 2.75) is 66.2 Å². The topological polar surface area (TPSA) is 98.8 Å². The van der Waals surface area contributed by atoms with E-state index >= 15 is 0 Å². The van der Waals surface area contributed by atoms with Gasteiger partial charge in [-0.15, -0.1) is 34.0 Å². The molecule has 0 aromatic heterocycles. The predicted molar refractivity (Wildman–Crippen MR) is 194 cm³/mol. The number of unbranched alkanes of at least 4 members (excludes halogenated alkanes) is 3. The zero-order valence-electron chi connectivity index (χ0n) is 27.8. The molecule has 2 aromatic rings. The molecule has 0 spiro atoms. The molecule has 2 aliphatic rings. The quantitative estimate of drug-likeness (QED) is 0.121. The summed E-state index contributed by atoms with van der Waals surface area (Å²) in [5.41, 5.74) is 2.06. The summed E-state index contributed by atoms with van der Waals surface area (Å²) in [7, 11) is 0. The van der Waals surface area contributed by atoms with Crippen molar-refractivity contribution in [2.75, 3.05) is 39.3 Å². The summed E-state index contributed by atoms with van der Waals surface area (Å²) in [4.78, 5) is 54.2. The first-order chi connectivity index (χ1) is 21.2. The molecule has 2 aliphatic heterocycles. The number of nitrogens with zero attached hydrogens (tertiary/aromatic N) is 2. The lowest BCUT2D eigenvalue weighted by Gasteiger charge is -2.24. The highest BCUT2D eigenvalue weighted by atomic mass is 79.9. The lowest BCUT2D eigenvalue weighted by Crippen LogP contribution is -2.39. The van der Waals surface area contributed by atoms with Crippen LogP contribution >= 0.6 is 34.0 Å². The smallest absolute Gasteiger partial charge is 0.261 e. The number of hydrogen-bond acceptors (Lipinski definition) is 6. The first-order valence-electron chi connectivity index (χ1n) is 16.5. The second-order valence-corrected chi connectivity index (χ2v) is 13.3. The number of fused-ring (bicyclic) bond motifs is 2. The van der Waals surface area contributed by atoms with E-state index in [-0.39, 0.29) is 69.4 Å². The Balaban J connectivity index is 0.00000368. The number of halogens is 2. The van der Waals surface area contributed by atoms with Crippen LogP contribution in [0.4, 0.5) is 0 Å². The highest BCUT2D eigenvalue weighted by Crippen LogP contribution is 2.26. The molecule has 46 heavy (non-hydrogen) atoms. The van der Waals surface area contributed by atoms with E-state index in [9.17, 15) is 19.2 Å². The van der Waals surface area contributed by atoms with E-state index in [2.05, 4.69) is 38.3 Å². The van der Waals surface area contributed by atoms with Gasteiger partial charge in [-0.2, -0.15) is 0 Å². The van der Waals surface area contributed by atoms with Gasteiger partial charge in [-0.05, 0) is 99.8 Å². The Labute approximate surface area is 296 Å². The van der Waals surface area contributed by atoms with Crippen molar-refractivity contribution in [3.8, 4) is 0 Å². The Morgan fingerprint density at radius 3 is 1.11 bits per heavy atom. The van der Waals surface area contributed by atoms with Crippen LogP contribution in [0.3, 0.4) is 0 Å². The van der Waals surface area contributed by atoms with Crippen molar-refractivity contribution in [3.05, 3.63) is 70.8 Å². The van der Waals surface area contributed by atoms with E-state index in [0.717, 1.165) is 64.7 Å². The van der Waals surface area contributed by atoms with E-state index in [0.29, 0.717) is 47.2 Å². The van der Waals surface area contributed by atoms with E-state index in [1.807, 2.05) is 24.3 Å². The number of carbonyl (C=O) groups excluding carboxylic acids is 4. The van der Waals surface area contributed by atoms with Gasteiger partial charge in [-0.3, -0.25) is 29.0 Å². The van der Waals surface area contributed by atoms with Gasteiger partial charge in [-0.1, -0.05) is 64.8 Å². The zero-order chi connectivity index (χ0) is 31.6. The summed E-state index contributed by atoms with van der Waals surface area (Å²) in [6, 6.07) is 14.2. The van der Waals surface area contributed by atoms with Crippen molar-refractivity contribution < 1.29 is 19.2 Å². The molecule has 8 nitrogen and oxygen atoms in total. The molecule has 0 radical (unpaired) electrons. The average molecular weight is 765 g/mol. The lowest BCUT2D eigenvalue weighted by atomic mass is 9.96. The normalized spacial score (nSPS) is 15.3. The molecule has 10 heteroatoms. The average Bonchev–Trinajstić information content (AvgIpc) is 3.38. The van der Waals surface area contributed by atoms with Gasteiger partial charge in [-0.25, -0.2) is 0 Å². The van der Waals surface area contributed by atoms with Gasteiger partial charge in [0.2, 0.25) is 0 Å². The number of imide groups is 2. The van der Waals surface area contributed by atoms with Gasteiger partial charge in [0.05, 0.1) is 22.3 Å². The van der Waals surface area contributed by atoms with E-state index in [1.165, 1.54) is 9.80 Å². The summed E-state index contributed by atoms with van der Waals surface area (Å²) in [5.74, 6) is 0.717. The fourth-order valence-corrected chi connectivity index (χ4v) is 6.57. The fraction of sp³-hybridized carbons (Fsp3) is 0.556. The Morgan fingerprint density at radius 2 is 0.826 bits per heavy atom. The van der Waals surface area contributed by atoms with Crippen LogP contribution in [0.25, 0.3) is 0 Å². The summed E-state index contributed by atoms with van der Waals surface area (Å²) >= 11 is 0.